The van der Waals surface area contributed by atoms with Crippen molar-refractivity contribution in [2.75, 3.05) is 0 Å². The van der Waals surface area contributed by atoms with Crippen LogP contribution in [0.3, 0.4) is 0 Å². The molecule has 2 N–H and O–H groups in total. The molecule has 1 unspecified atom stereocenters. The van der Waals surface area contributed by atoms with Crippen molar-refractivity contribution in [2.45, 2.75) is 45.6 Å². The molecule has 1 fully saturated rings. The Bertz CT molecular complexity index is 520. The number of hydrogen-bond acceptors (Lipinski definition) is 2. The summed E-state index contributed by atoms with van der Waals surface area (Å²) in [5.74, 6) is -0.602. The number of amides is 1. The van der Waals surface area contributed by atoms with Crippen molar-refractivity contribution in [2.24, 2.45) is 5.92 Å². The van der Waals surface area contributed by atoms with Crippen LogP contribution >= 0.6 is 0 Å². The molecule has 1 aromatic rings. The largest absolute Gasteiger partial charge is 0.481 e. The van der Waals surface area contributed by atoms with Gasteiger partial charge in [-0.2, -0.15) is 0 Å². The molecule has 2 rings (SSSR count). The van der Waals surface area contributed by atoms with E-state index in [1.54, 1.807) is 0 Å². The quantitative estimate of drug-likeness (QED) is 0.836. The van der Waals surface area contributed by atoms with Gasteiger partial charge in [-0.05, 0) is 49.3 Å². The molecule has 4 heteroatoms. The van der Waals surface area contributed by atoms with Gasteiger partial charge in [0.1, 0.15) is 0 Å². The van der Waals surface area contributed by atoms with Gasteiger partial charge in [-0.15, -0.1) is 0 Å². The Balaban J connectivity index is 1.93. The van der Waals surface area contributed by atoms with Crippen LogP contribution in [0.5, 0.6) is 0 Å². The van der Waals surface area contributed by atoms with Crippen molar-refractivity contribution < 1.29 is 14.7 Å². The van der Waals surface area contributed by atoms with Gasteiger partial charge in [-0.25, -0.2) is 0 Å². The van der Waals surface area contributed by atoms with E-state index in [9.17, 15) is 9.59 Å². The van der Waals surface area contributed by atoms with Crippen molar-refractivity contribution in [3.8, 4) is 0 Å². The highest BCUT2D eigenvalue weighted by atomic mass is 16.4. The predicted octanol–water partition coefficient (Wildman–Crippen LogP) is 2.22. The van der Waals surface area contributed by atoms with Crippen LogP contribution in [0.25, 0.3) is 0 Å². The number of carbonyl (C=O) groups excluding carboxylic acids is 1. The fourth-order valence-corrected chi connectivity index (χ4v) is 2.38. The van der Waals surface area contributed by atoms with Crippen LogP contribution in [0, 0.1) is 19.8 Å². The molecule has 0 heterocycles. The Morgan fingerprint density at radius 1 is 1.30 bits per heavy atom. The molecule has 0 aromatic heterocycles. The summed E-state index contributed by atoms with van der Waals surface area (Å²) in [5, 5.41) is 11.8. The molecule has 1 aromatic carbocycles. The number of hydrogen-bond donors (Lipinski definition) is 2. The average molecular weight is 275 g/mol. The molecule has 1 aliphatic rings. The van der Waals surface area contributed by atoms with Gasteiger partial charge in [0, 0.05) is 6.04 Å². The predicted molar refractivity (Wildman–Crippen MR) is 76.5 cm³/mol. The number of rotatable bonds is 6. The van der Waals surface area contributed by atoms with E-state index in [-0.39, 0.29) is 18.4 Å². The van der Waals surface area contributed by atoms with Gasteiger partial charge in [0.05, 0.1) is 12.8 Å². The first-order chi connectivity index (χ1) is 9.45. The van der Waals surface area contributed by atoms with Crippen LogP contribution in [0.2, 0.25) is 0 Å². The lowest BCUT2D eigenvalue weighted by Gasteiger charge is -2.16. The van der Waals surface area contributed by atoms with Gasteiger partial charge < -0.3 is 10.4 Å². The molecule has 1 amide bonds. The van der Waals surface area contributed by atoms with Gasteiger partial charge in [0.15, 0.2) is 0 Å². The van der Waals surface area contributed by atoms with E-state index < -0.39 is 5.97 Å². The normalized spacial score (nSPS) is 15.7. The number of nitrogens with one attached hydrogen (secondary N) is 1. The molecule has 0 radical (unpaired) electrons. The smallest absolute Gasteiger partial charge is 0.305 e. The fourth-order valence-electron chi connectivity index (χ4n) is 2.38. The topological polar surface area (TPSA) is 66.4 Å². The summed E-state index contributed by atoms with van der Waals surface area (Å²) in [4.78, 5) is 22.8. The molecule has 20 heavy (non-hydrogen) atoms. The Morgan fingerprint density at radius 3 is 2.55 bits per heavy atom. The molecule has 1 aliphatic carbocycles. The molecule has 0 bridgehead atoms. The SMILES string of the molecule is Cc1ccc(CC(=O)NC(CC(=O)O)C2CC2)cc1C. The second-order valence-corrected chi connectivity index (χ2v) is 5.70. The third-order valence-electron chi connectivity index (χ3n) is 3.87. The number of carboxylic acids is 1. The minimum Gasteiger partial charge on any atom is -0.481 e. The third kappa shape index (κ3) is 4.08. The van der Waals surface area contributed by atoms with Crippen molar-refractivity contribution in [1.29, 1.82) is 0 Å². The van der Waals surface area contributed by atoms with E-state index in [4.69, 9.17) is 5.11 Å². The highest BCUT2D eigenvalue weighted by molar-refractivity contribution is 5.80. The van der Waals surface area contributed by atoms with Crippen LogP contribution < -0.4 is 5.32 Å². The van der Waals surface area contributed by atoms with E-state index in [0.717, 1.165) is 18.4 Å². The average Bonchev–Trinajstić information content (AvgIpc) is 3.16. The van der Waals surface area contributed by atoms with Gasteiger partial charge >= 0.3 is 5.97 Å². The lowest BCUT2D eigenvalue weighted by Crippen LogP contribution is -2.38. The van der Waals surface area contributed by atoms with Gasteiger partial charge in [0.25, 0.3) is 0 Å². The van der Waals surface area contributed by atoms with E-state index in [2.05, 4.69) is 5.32 Å². The summed E-state index contributed by atoms with van der Waals surface area (Å²) >= 11 is 0. The summed E-state index contributed by atoms with van der Waals surface area (Å²) in [6.07, 6.45) is 2.36. The summed E-state index contributed by atoms with van der Waals surface area (Å²) in [6, 6.07) is 5.75. The molecular weight excluding hydrogens is 254 g/mol. The van der Waals surface area contributed by atoms with Crippen LogP contribution in [-0.2, 0) is 16.0 Å². The maximum atomic E-state index is 12.0. The highest BCUT2D eigenvalue weighted by Gasteiger charge is 2.33. The first-order valence-electron chi connectivity index (χ1n) is 7.03. The van der Waals surface area contributed by atoms with Crippen LogP contribution in [0.4, 0.5) is 0 Å². The molecule has 108 valence electrons. The van der Waals surface area contributed by atoms with Crippen molar-refractivity contribution in [3.05, 3.63) is 34.9 Å². The monoisotopic (exact) mass is 275 g/mol. The summed E-state index contributed by atoms with van der Waals surface area (Å²) in [7, 11) is 0. The number of aryl methyl sites for hydroxylation is 2. The first-order valence-corrected chi connectivity index (χ1v) is 7.03. The lowest BCUT2D eigenvalue weighted by atomic mass is 10.0. The van der Waals surface area contributed by atoms with Crippen LogP contribution in [0.1, 0.15) is 36.0 Å². The minimum atomic E-state index is -0.853. The van der Waals surface area contributed by atoms with Gasteiger partial charge in [0.2, 0.25) is 5.91 Å². The maximum absolute atomic E-state index is 12.0. The lowest BCUT2D eigenvalue weighted by molar-refractivity contribution is -0.137. The Morgan fingerprint density at radius 2 is 2.00 bits per heavy atom. The molecule has 0 saturated heterocycles. The molecule has 1 saturated carbocycles. The van der Waals surface area contributed by atoms with E-state index >= 15 is 0 Å². The number of carboxylic acid groups (broad SMARTS) is 1. The number of carbonyl (C=O) groups is 2. The second kappa shape index (κ2) is 6.07. The first kappa shape index (κ1) is 14.6. The molecule has 0 spiro atoms. The molecule has 0 aliphatic heterocycles. The zero-order valence-corrected chi connectivity index (χ0v) is 12.0. The molecule has 1 atom stereocenters. The number of aliphatic carboxylic acids is 1. The molecular formula is C16H21NO3. The van der Waals surface area contributed by atoms with Crippen molar-refractivity contribution in [3.63, 3.8) is 0 Å². The van der Waals surface area contributed by atoms with Gasteiger partial charge in [-0.1, -0.05) is 18.2 Å². The maximum Gasteiger partial charge on any atom is 0.305 e. The summed E-state index contributed by atoms with van der Waals surface area (Å²) in [6.45, 7) is 4.06. The Labute approximate surface area is 119 Å². The zero-order chi connectivity index (χ0) is 14.7. The van der Waals surface area contributed by atoms with Crippen molar-refractivity contribution >= 4 is 11.9 Å². The van der Waals surface area contributed by atoms with E-state index in [0.29, 0.717) is 12.3 Å². The minimum absolute atomic E-state index is 0.0172. The van der Waals surface area contributed by atoms with Crippen LogP contribution in [0.15, 0.2) is 18.2 Å². The van der Waals surface area contributed by atoms with Crippen LogP contribution in [-0.4, -0.2) is 23.0 Å². The second-order valence-electron chi connectivity index (χ2n) is 5.70. The van der Waals surface area contributed by atoms with E-state index in [1.807, 2.05) is 32.0 Å². The Hall–Kier alpha value is -1.84. The third-order valence-corrected chi connectivity index (χ3v) is 3.87. The van der Waals surface area contributed by atoms with Gasteiger partial charge in [-0.3, -0.25) is 9.59 Å². The van der Waals surface area contributed by atoms with Crippen molar-refractivity contribution in [1.82, 2.24) is 5.32 Å². The Kier molecular flexibility index (Phi) is 4.42. The summed E-state index contributed by atoms with van der Waals surface area (Å²) < 4.78 is 0. The zero-order valence-electron chi connectivity index (χ0n) is 12.0. The summed E-state index contributed by atoms with van der Waals surface area (Å²) in [5.41, 5.74) is 3.34. The van der Waals surface area contributed by atoms with E-state index in [1.165, 1.54) is 11.1 Å². The molecule has 4 nitrogen and oxygen atoms in total. The highest BCUT2D eigenvalue weighted by Crippen LogP contribution is 2.34. The number of benzene rings is 1. The standard InChI is InChI=1S/C16H21NO3/c1-10-3-4-12(7-11(10)2)8-15(18)17-14(9-16(19)20)13-5-6-13/h3-4,7,13-14H,5-6,8-9H2,1-2H3,(H,17,18)(H,19,20). The fraction of sp³-hybridized carbons (Fsp3) is 0.500.